The van der Waals surface area contributed by atoms with Gasteiger partial charge in [0.25, 0.3) is 0 Å². The molecule has 0 aliphatic carbocycles. The molecular weight excluding hydrogens is 316 g/mol. The molecule has 0 amide bonds. The molecule has 23 heavy (non-hydrogen) atoms. The molecule has 0 spiro atoms. The van der Waals surface area contributed by atoms with Gasteiger partial charge in [0.15, 0.2) is 0 Å². The van der Waals surface area contributed by atoms with Gasteiger partial charge in [-0.2, -0.15) is 8.42 Å². The summed E-state index contributed by atoms with van der Waals surface area (Å²) in [6, 6.07) is 9.14. The van der Waals surface area contributed by atoms with Crippen LogP contribution in [0.4, 0.5) is 0 Å². The predicted molar refractivity (Wildman–Crippen MR) is 86.2 cm³/mol. The highest BCUT2D eigenvalue weighted by Crippen LogP contribution is 2.29. The number of esters is 1. The van der Waals surface area contributed by atoms with Gasteiger partial charge in [-0.05, 0) is 61.7 Å². The first kappa shape index (κ1) is 17.0. The molecule has 2 rings (SSSR count). The van der Waals surface area contributed by atoms with E-state index in [1.165, 1.54) is 31.4 Å². The monoisotopic (exact) mass is 334 g/mol. The summed E-state index contributed by atoms with van der Waals surface area (Å²) >= 11 is 0. The van der Waals surface area contributed by atoms with Gasteiger partial charge in [-0.25, -0.2) is 4.79 Å². The highest BCUT2D eigenvalue weighted by Gasteiger charge is 2.20. The van der Waals surface area contributed by atoms with Crippen LogP contribution in [0.5, 0.6) is 5.75 Å². The van der Waals surface area contributed by atoms with Crippen molar-refractivity contribution < 1.29 is 22.1 Å². The molecule has 0 saturated heterocycles. The van der Waals surface area contributed by atoms with Gasteiger partial charge in [0, 0.05) is 0 Å². The summed E-state index contributed by atoms with van der Waals surface area (Å²) in [6.07, 6.45) is 0. The topological polar surface area (TPSA) is 69.7 Å². The van der Waals surface area contributed by atoms with Crippen molar-refractivity contribution >= 4 is 16.1 Å². The molecule has 0 aliphatic rings. The Balaban J connectivity index is 2.37. The third kappa shape index (κ3) is 3.53. The number of rotatable bonds is 4. The summed E-state index contributed by atoms with van der Waals surface area (Å²) in [7, 11) is -2.71. The number of methoxy groups -OCH3 is 1. The lowest BCUT2D eigenvalue weighted by atomic mass is 10.1. The third-order valence-electron chi connectivity index (χ3n) is 3.63. The number of benzene rings is 2. The highest BCUT2D eigenvalue weighted by molar-refractivity contribution is 7.87. The van der Waals surface area contributed by atoms with Crippen molar-refractivity contribution in [1.82, 2.24) is 0 Å². The fourth-order valence-corrected chi connectivity index (χ4v) is 3.13. The maximum absolute atomic E-state index is 12.4. The minimum atomic E-state index is -3.98. The molecule has 0 bridgehead atoms. The Kier molecular flexibility index (Phi) is 4.75. The highest BCUT2D eigenvalue weighted by atomic mass is 32.2. The lowest BCUT2D eigenvalue weighted by molar-refractivity contribution is 0.0600. The Labute approximate surface area is 136 Å². The number of carbonyl (C=O) groups is 1. The zero-order valence-corrected chi connectivity index (χ0v) is 14.2. The SMILES string of the molecule is COC(=O)c1ccc(S(=O)(=O)Oc2c(C)ccc(C)c2C)cc1. The molecule has 0 unspecified atom stereocenters. The molecule has 6 heteroatoms. The summed E-state index contributed by atoms with van der Waals surface area (Å²) in [4.78, 5) is 11.4. The van der Waals surface area contributed by atoms with Crippen LogP contribution in [0.3, 0.4) is 0 Å². The van der Waals surface area contributed by atoms with Gasteiger partial charge >= 0.3 is 16.1 Å². The Morgan fingerprint density at radius 3 is 2.04 bits per heavy atom. The maximum Gasteiger partial charge on any atom is 0.339 e. The Morgan fingerprint density at radius 2 is 1.48 bits per heavy atom. The van der Waals surface area contributed by atoms with Crippen molar-refractivity contribution in [2.75, 3.05) is 7.11 Å². The average molecular weight is 334 g/mol. The van der Waals surface area contributed by atoms with Crippen molar-refractivity contribution in [3.8, 4) is 5.75 Å². The van der Waals surface area contributed by atoms with Crippen molar-refractivity contribution in [1.29, 1.82) is 0 Å². The van der Waals surface area contributed by atoms with E-state index in [9.17, 15) is 13.2 Å². The van der Waals surface area contributed by atoms with Crippen LogP contribution in [0, 0.1) is 20.8 Å². The normalized spacial score (nSPS) is 11.1. The van der Waals surface area contributed by atoms with Crippen molar-refractivity contribution in [3.63, 3.8) is 0 Å². The lowest BCUT2D eigenvalue weighted by Crippen LogP contribution is -2.12. The molecule has 122 valence electrons. The summed E-state index contributed by atoms with van der Waals surface area (Å²) in [5.74, 6) is -0.192. The molecule has 0 radical (unpaired) electrons. The first-order valence-corrected chi connectivity index (χ1v) is 8.37. The van der Waals surface area contributed by atoms with Crippen LogP contribution in [0.1, 0.15) is 27.0 Å². The summed E-state index contributed by atoms with van der Waals surface area (Å²) in [6.45, 7) is 5.49. The van der Waals surface area contributed by atoms with Gasteiger partial charge in [0.1, 0.15) is 10.6 Å². The number of carbonyl (C=O) groups excluding carboxylic acids is 1. The Morgan fingerprint density at radius 1 is 0.913 bits per heavy atom. The van der Waals surface area contributed by atoms with Crippen LogP contribution in [0.15, 0.2) is 41.3 Å². The number of hydrogen-bond acceptors (Lipinski definition) is 5. The zero-order chi connectivity index (χ0) is 17.2. The van der Waals surface area contributed by atoms with E-state index in [1.807, 2.05) is 26.0 Å². The Bertz CT molecular complexity index is 836. The predicted octanol–water partition coefficient (Wildman–Crippen LogP) is 3.17. The molecular formula is C17H18O5S. The van der Waals surface area contributed by atoms with Gasteiger partial charge in [-0.1, -0.05) is 12.1 Å². The number of aryl methyl sites for hydroxylation is 2. The molecule has 0 heterocycles. The molecule has 2 aromatic rings. The second-order valence-electron chi connectivity index (χ2n) is 5.21. The van der Waals surface area contributed by atoms with E-state index in [0.717, 1.165) is 16.7 Å². The van der Waals surface area contributed by atoms with Crippen LogP contribution in [0.2, 0.25) is 0 Å². The van der Waals surface area contributed by atoms with E-state index in [0.29, 0.717) is 5.75 Å². The standard InChI is InChI=1S/C17H18O5S/c1-11-5-6-12(2)16(13(11)3)22-23(19,20)15-9-7-14(8-10-15)17(18)21-4/h5-10H,1-4H3. The third-order valence-corrected chi connectivity index (χ3v) is 4.87. The first-order chi connectivity index (χ1) is 10.8. The maximum atomic E-state index is 12.4. The van der Waals surface area contributed by atoms with Crippen molar-refractivity contribution in [2.45, 2.75) is 25.7 Å². The zero-order valence-electron chi connectivity index (χ0n) is 13.4. The van der Waals surface area contributed by atoms with Crippen LogP contribution >= 0.6 is 0 Å². The largest absolute Gasteiger partial charge is 0.465 e. The summed E-state index contributed by atoms with van der Waals surface area (Å²) in [5, 5.41) is 0. The van der Waals surface area contributed by atoms with Gasteiger partial charge < -0.3 is 8.92 Å². The average Bonchev–Trinajstić information content (AvgIpc) is 2.54. The van der Waals surface area contributed by atoms with E-state index in [4.69, 9.17) is 4.18 Å². The smallest absolute Gasteiger partial charge is 0.339 e. The molecule has 0 fully saturated rings. The van der Waals surface area contributed by atoms with E-state index < -0.39 is 16.1 Å². The minimum absolute atomic E-state index is 0.0227. The Hall–Kier alpha value is -2.34. The second kappa shape index (κ2) is 6.42. The summed E-state index contributed by atoms with van der Waals surface area (Å²) < 4.78 is 34.8. The van der Waals surface area contributed by atoms with Crippen molar-refractivity contribution in [2.24, 2.45) is 0 Å². The fourth-order valence-electron chi connectivity index (χ4n) is 2.09. The van der Waals surface area contributed by atoms with Gasteiger partial charge in [-0.3, -0.25) is 0 Å². The lowest BCUT2D eigenvalue weighted by Gasteiger charge is -2.13. The van der Waals surface area contributed by atoms with E-state index in [2.05, 4.69) is 4.74 Å². The van der Waals surface area contributed by atoms with Gasteiger partial charge in [0.2, 0.25) is 0 Å². The van der Waals surface area contributed by atoms with Crippen LogP contribution in [0.25, 0.3) is 0 Å². The van der Waals surface area contributed by atoms with Crippen molar-refractivity contribution in [3.05, 3.63) is 58.7 Å². The molecule has 0 saturated carbocycles. The summed E-state index contributed by atoms with van der Waals surface area (Å²) in [5.41, 5.74) is 2.74. The molecule has 0 aliphatic heterocycles. The quantitative estimate of drug-likeness (QED) is 0.634. The number of ether oxygens (including phenoxy) is 1. The van der Waals surface area contributed by atoms with E-state index >= 15 is 0 Å². The van der Waals surface area contributed by atoms with Crippen LogP contribution in [-0.2, 0) is 14.9 Å². The molecule has 2 aromatic carbocycles. The van der Waals surface area contributed by atoms with Crippen LogP contribution in [-0.4, -0.2) is 21.5 Å². The second-order valence-corrected chi connectivity index (χ2v) is 6.75. The van der Waals surface area contributed by atoms with E-state index in [-0.39, 0.29) is 10.5 Å². The van der Waals surface area contributed by atoms with Gasteiger partial charge in [0.05, 0.1) is 12.7 Å². The number of hydrogen-bond donors (Lipinski definition) is 0. The minimum Gasteiger partial charge on any atom is -0.465 e. The first-order valence-electron chi connectivity index (χ1n) is 6.96. The molecule has 0 aromatic heterocycles. The molecule has 0 atom stereocenters. The van der Waals surface area contributed by atoms with Crippen LogP contribution < -0.4 is 4.18 Å². The molecule has 0 N–H and O–H groups in total. The fraction of sp³-hybridized carbons (Fsp3) is 0.235. The molecule has 5 nitrogen and oxygen atoms in total. The van der Waals surface area contributed by atoms with Gasteiger partial charge in [-0.15, -0.1) is 0 Å². The van der Waals surface area contributed by atoms with E-state index in [1.54, 1.807) is 6.92 Å².